The molecule has 0 spiro atoms. The summed E-state index contributed by atoms with van der Waals surface area (Å²) >= 11 is 4.27. The first-order valence-electron chi connectivity index (χ1n) is 16.9. The van der Waals surface area contributed by atoms with Crippen molar-refractivity contribution in [3.8, 4) is 0 Å². The topological polar surface area (TPSA) is 17.1 Å². The number of thiol groups is 1. The van der Waals surface area contributed by atoms with E-state index in [1.54, 1.807) is 0 Å². The van der Waals surface area contributed by atoms with Crippen LogP contribution in [-0.2, 0) is 4.79 Å². The van der Waals surface area contributed by atoms with E-state index in [0.717, 1.165) is 31.4 Å². The molecule has 0 radical (unpaired) electrons. The zero-order valence-corrected chi connectivity index (χ0v) is 25.9. The molecule has 216 valence electrons. The average Bonchev–Trinajstić information content (AvgIpc) is 2.88. The van der Waals surface area contributed by atoms with E-state index in [2.05, 4.69) is 19.6 Å². The number of hydrogen-bond acceptors (Lipinski definition) is 2. The highest BCUT2D eigenvalue weighted by molar-refractivity contribution is 7.80. The van der Waals surface area contributed by atoms with Crippen molar-refractivity contribution in [3.63, 3.8) is 0 Å². The largest absolute Gasteiger partial charge is 0.300 e. The fraction of sp³-hybridized carbons (Fsp3) is 0.971. The van der Waals surface area contributed by atoms with Crippen LogP contribution in [0.25, 0.3) is 0 Å². The third-order valence-electron chi connectivity index (χ3n) is 7.92. The fourth-order valence-corrected chi connectivity index (χ4v) is 5.60. The highest BCUT2D eigenvalue weighted by atomic mass is 32.1. The van der Waals surface area contributed by atoms with Gasteiger partial charge in [-0.1, -0.05) is 174 Å². The first kappa shape index (κ1) is 36.0. The SMILES string of the molecule is CCCCCCCCCCCCCCCCCC(=O)CCCCCCCCCCCCCCCCS. The van der Waals surface area contributed by atoms with E-state index in [-0.39, 0.29) is 0 Å². The van der Waals surface area contributed by atoms with Crippen LogP contribution in [0.4, 0.5) is 0 Å². The van der Waals surface area contributed by atoms with Crippen molar-refractivity contribution >= 4 is 18.4 Å². The van der Waals surface area contributed by atoms with Gasteiger partial charge in [0.25, 0.3) is 0 Å². The van der Waals surface area contributed by atoms with Crippen molar-refractivity contribution in [2.75, 3.05) is 5.75 Å². The molecule has 0 aromatic rings. The molecule has 0 saturated carbocycles. The van der Waals surface area contributed by atoms with Crippen LogP contribution in [0.5, 0.6) is 0 Å². The van der Waals surface area contributed by atoms with Gasteiger partial charge < -0.3 is 0 Å². The molecular weight excluding hydrogens is 456 g/mol. The van der Waals surface area contributed by atoms with Crippen LogP contribution in [0.3, 0.4) is 0 Å². The summed E-state index contributed by atoms with van der Waals surface area (Å²) in [6.07, 6.45) is 41.6. The minimum atomic E-state index is 0.523. The van der Waals surface area contributed by atoms with Crippen molar-refractivity contribution in [1.29, 1.82) is 0 Å². The van der Waals surface area contributed by atoms with E-state index in [0.29, 0.717) is 5.78 Å². The summed E-state index contributed by atoms with van der Waals surface area (Å²) in [7, 11) is 0. The molecule has 36 heavy (non-hydrogen) atoms. The standard InChI is InChI=1S/C34H68OS/c1-2-3-4-5-6-7-8-9-10-13-16-19-22-25-28-31-34(35)32-29-26-23-20-17-14-11-12-15-18-21-24-27-30-33-36/h36H,2-33H2,1H3. The highest BCUT2D eigenvalue weighted by Crippen LogP contribution is 2.16. The molecule has 0 aliphatic heterocycles. The van der Waals surface area contributed by atoms with Gasteiger partial charge in [-0.15, -0.1) is 0 Å². The number of ketones is 1. The summed E-state index contributed by atoms with van der Waals surface area (Å²) < 4.78 is 0. The van der Waals surface area contributed by atoms with Gasteiger partial charge in [-0.3, -0.25) is 4.79 Å². The van der Waals surface area contributed by atoms with E-state index in [9.17, 15) is 4.79 Å². The molecule has 0 rings (SSSR count). The summed E-state index contributed by atoms with van der Waals surface area (Å²) in [6, 6.07) is 0. The van der Waals surface area contributed by atoms with Crippen molar-refractivity contribution in [1.82, 2.24) is 0 Å². The lowest BCUT2D eigenvalue weighted by molar-refractivity contribution is -0.119. The van der Waals surface area contributed by atoms with E-state index in [1.165, 1.54) is 173 Å². The first-order chi connectivity index (χ1) is 17.8. The molecule has 0 aliphatic rings. The number of hydrogen-bond donors (Lipinski definition) is 1. The Morgan fingerprint density at radius 3 is 0.833 bits per heavy atom. The summed E-state index contributed by atoms with van der Waals surface area (Å²) in [4.78, 5) is 12.1. The fourth-order valence-electron chi connectivity index (χ4n) is 5.37. The second-order valence-corrected chi connectivity index (χ2v) is 12.1. The number of rotatable bonds is 32. The Labute approximate surface area is 234 Å². The first-order valence-corrected chi connectivity index (χ1v) is 17.6. The molecule has 0 amide bonds. The average molecular weight is 525 g/mol. The smallest absolute Gasteiger partial charge is 0.132 e. The third kappa shape index (κ3) is 32.0. The van der Waals surface area contributed by atoms with Gasteiger partial charge in [-0.25, -0.2) is 0 Å². The molecule has 0 fully saturated rings. The van der Waals surface area contributed by atoms with Crippen LogP contribution >= 0.6 is 12.6 Å². The van der Waals surface area contributed by atoms with Crippen molar-refractivity contribution in [2.24, 2.45) is 0 Å². The molecule has 1 nitrogen and oxygen atoms in total. The Balaban J connectivity index is 3.14. The summed E-state index contributed by atoms with van der Waals surface area (Å²) in [5, 5.41) is 0. The van der Waals surface area contributed by atoms with E-state index >= 15 is 0 Å². The van der Waals surface area contributed by atoms with E-state index in [4.69, 9.17) is 0 Å². The normalized spacial score (nSPS) is 11.4. The predicted octanol–water partition coefficient (Wildman–Crippen LogP) is 12.6. The predicted molar refractivity (Wildman–Crippen MR) is 168 cm³/mol. The van der Waals surface area contributed by atoms with Crippen molar-refractivity contribution in [3.05, 3.63) is 0 Å². The number of carbonyl (C=O) groups is 1. The van der Waals surface area contributed by atoms with Gasteiger partial charge >= 0.3 is 0 Å². The lowest BCUT2D eigenvalue weighted by atomic mass is 10.0. The van der Waals surface area contributed by atoms with Crippen molar-refractivity contribution < 1.29 is 4.79 Å². The molecule has 0 saturated heterocycles. The minimum absolute atomic E-state index is 0.523. The Morgan fingerprint density at radius 1 is 0.361 bits per heavy atom. The Bertz CT molecular complexity index is 372. The minimum Gasteiger partial charge on any atom is -0.300 e. The van der Waals surface area contributed by atoms with Crippen LogP contribution in [0, 0.1) is 0 Å². The van der Waals surface area contributed by atoms with Crippen LogP contribution in [0.1, 0.15) is 206 Å². The van der Waals surface area contributed by atoms with Gasteiger partial charge in [0.15, 0.2) is 0 Å². The summed E-state index contributed by atoms with van der Waals surface area (Å²) in [6.45, 7) is 2.29. The lowest BCUT2D eigenvalue weighted by Crippen LogP contribution is -1.97. The molecule has 0 aromatic heterocycles. The van der Waals surface area contributed by atoms with Crippen LogP contribution in [0.2, 0.25) is 0 Å². The second kappa shape index (κ2) is 33.0. The van der Waals surface area contributed by atoms with E-state index < -0.39 is 0 Å². The maximum atomic E-state index is 12.1. The van der Waals surface area contributed by atoms with Crippen molar-refractivity contribution in [2.45, 2.75) is 206 Å². The quantitative estimate of drug-likeness (QED) is 0.0683. The molecule has 2 heteroatoms. The molecule has 0 aliphatic carbocycles. The van der Waals surface area contributed by atoms with Crippen LogP contribution < -0.4 is 0 Å². The number of Topliss-reactive ketones (excluding diaryl/α,β-unsaturated/α-hetero) is 1. The molecule has 0 N–H and O–H groups in total. The van der Waals surface area contributed by atoms with Gasteiger partial charge in [0.05, 0.1) is 0 Å². The second-order valence-electron chi connectivity index (χ2n) is 11.7. The zero-order chi connectivity index (χ0) is 26.2. The highest BCUT2D eigenvalue weighted by Gasteiger charge is 2.02. The van der Waals surface area contributed by atoms with Gasteiger partial charge in [-0.05, 0) is 25.0 Å². The van der Waals surface area contributed by atoms with Crippen LogP contribution in [0.15, 0.2) is 0 Å². The number of carbonyl (C=O) groups excluding carboxylic acids is 1. The van der Waals surface area contributed by atoms with Crippen LogP contribution in [-0.4, -0.2) is 11.5 Å². The third-order valence-corrected chi connectivity index (χ3v) is 8.24. The summed E-state index contributed by atoms with van der Waals surface area (Å²) in [5.41, 5.74) is 0. The zero-order valence-electron chi connectivity index (χ0n) is 25.0. The maximum Gasteiger partial charge on any atom is 0.132 e. The molecular formula is C34H68OS. The Hall–Kier alpha value is 0.0200. The maximum absolute atomic E-state index is 12.1. The van der Waals surface area contributed by atoms with Gasteiger partial charge in [0.2, 0.25) is 0 Å². The molecule has 0 unspecified atom stereocenters. The monoisotopic (exact) mass is 524 g/mol. The lowest BCUT2D eigenvalue weighted by Gasteiger charge is -2.04. The molecule has 0 aromatic carbocycles. The molecule has 0 heterocycles. The van der Waals surface area contributed by atoms with Gasteiger partial charge in [-0.2, -0.15) is 12.6 Å². The summed E-state index contributed by atoms with van der Waals surface area (Å²) in [5.74, 6) is 1.57. The Morgan fingerprint density at radius 2 is 0.583 bits per heavy atom. The van der Waals surface area contributed by atoms with E-state index in [1.807, 2.05) is 0 Å². The molecule has 0 bridgehead atoms. The van der Waals surface area contributed by atoms with Gasteiger partial charge in [0.1, 0.15) is 5.78 Å². The van der Waals surface area contributed by atoms with Gasteiger partial charge in [0, 0.05) is 12.8 Å². The Kier molecular flexibility index (Phi) is 33.1. The number of unbranched alkanes of at least 4 members (excludes halogenated alkanes) is 27. The molecule has 0 atom stereocenters.